The lowest BCUT2D eigenvalue weighted by Gasteiger charge is -2.18. The number of amides is 2. The first-order valence-corrected chi connectivity index (χ1v) is 9.57. The molecule has 0 saturated carbocycles. The van der Waals surface area contributed by atoms with E-state index >= 15 is 0 Å². The smallest absolute Gasteiger partial charge is 0.231 e. The molecule has 5 rings (SSSR count). The Kier molecular flexibility index (Phi) is 4.16. The third-order valence-electron chi connectivity index (χ3n) is 5.39. The maximum absolute atomic E-state index is 12.8. The van der Waals surface area contributed by atoms with Crippen molar-refractivity contribution in [3.63, 3.8) is 0 Å². The SMILES string of the molecule is C[C@H](NC(=O)[C@@H]1CC(=O)N(c2ccc3c(c2)OCO3)C1)c1cc2ccccc2o1. The van der Waals surface area contributed by atoms with E-state index in [1.54, 1.807) is 17.0 Å². The first-order chi connectivity index (χ1) is 14.1. The van der Waals surface area contributed by atoms with Crippen molar-refractivity contribution < 1.29 is 23.5 Å². The second-order valence-corrected chi connectivity index (χ2v) is 7.36. The van der Waals surface area contributed by atoms with Gasteiger partial charge < -0.3 is 24.1 Å². The maximum Gasteiger partial charge on any atom is 0.231 e. The molecule has 0 spiro atoms. The van der Waals surface area contributed by atoms with Crippen LogP contribution in [0.25, 0.3) is 11.0 Å². The molecule has 2 aromatic carbocycles. The number of furan rings is 1. The fraction of sp³-hybridized carbons (Fsp3) is 0.273. The summed E-state index contributed by atoms with van der Waals surface area (Å²) in [6.07, 6.45) is 0.174. The van der Waals surface area contributed by atoms with Crippen LogP contribution in [0.4, 0.5) is 5.69 Å². The first-order valence-electron chi connectivity index (χ1n) is 9.57. The van der Waals surface area contributed by atoms with Crippen LogP contribution in [0.1, 0.15) is 25.1 Å². The normalized spacial score (nSPS) is 19.0. The number of nitrogens with zero attached hydrogens (tertiary/aromatic N) is 1. The van der Waals surface area contributed by atoms with Crippen molar-refractivity contribution in [2.45, 2.75) is 19.4 Å². The van der Waals surface area contributed by atoms with Crippen LogP contribution in [0, 0.1) is 5.92 Å². The van der Waals surface area contributed by atoms with Crippen LogP contribution < -0.4 is 19.7 Å². The van der Waals surface area contributed by atoms with Gasteiger partial charge in [-0.3, -0.25) is 9.59 Å². The highest BCUT2D eigenvalue weighted by molar-refractivity contribution is 6.00. The number of hydrogen-bond acceptors (Lipinski definition) is 5. The van der Waals surface area contributed by atoms with E-state index in [0.717, 1.165) is 11.0 Å². The number of para-hydroxylation sites is 1. The summed E-state index contributed by atoms with van der Waals surface area (Å²) >= 11 is 0. The van der Waals surface area contributed by atoms with Crippen LogP contribution in [0.15, 0.2) is 52.9 Å². The standard InChI is InChI=1S/C22H20N2O5/c1-13(19-8-14-4-2-3-5-17(14)29-19)23-22(26)15-9-21(25)24(11-15)16-6-7-18-20(10-16)28-12-27-18/h2-8,10,13,15H,9,11-12H2,1H3,(H,23,26)/t13-,15+/m0/s1. The van der Waals surface area contributed by atoms with Crippen LogP contribution in [-0.2, 0) is 9.59 Å². The van der Waals surface area contributed by atoms with E-state index in [1.807, 2.05) is 43.3 Å². The minimum Gasteiger partial charge on any atom is -0.459 e. The van der Waals surface area contributed by atoms with Gasteiger partial charge in [-0.2, -0.15) is 0 Å². The summed E-state index contributed by atoms with van der Waals surface area (Å²) in [7, 11) is 0. The molecule has 3 aromatic rings. The van der Waals surface area contributed by atoms with Gasteiger partial charge in [0.05, 0.1) is 12.0 Å². The summed E-state index contributed by atoms with van der Waals surface area (Å²) < 4.78 is 16.5. The number of carbonyl (C=O) groups excluding carboxylic acids is 2. The summed E-state index contributed by atoms with van der Waals surface area (Å²) in [5.74, 6) is 1.31. The molecule has 7 heteroatoms. The number of nitrogens with one attached hydrogen (secondary N) is 1. The van der Waals surface area contributed by atoms with Crippen LogP contribution in [0.5, 0.6) is 11.5 Å². The highest BCUT2D eigenvalue weighted by Gasteiger charge is 2.36. The van der Waals surface area contributed by atoms with Gasteiger partial charge in [-0.15, -0.1) is 0 Å². The lowest BCUT2D eigenvalue weighted by atomic mass is 10.1. The minimum absolute atomic E-state index is 0.0830. The molecule has 2 aliphatic heterocycles. The lowest BCUT2D eigenvalue weighted by Crippen LogP contribution is -2.34. The van der Waals surface area contributed by atoms with Crippen molar-refractivity contribution >= 4 is 28.5 Å². The van der Waals surface area contributed by atoms with Crippen LogP contribution >= 0.6 is 0 Å². The fourth-order valence-electron chi connectivity index (χ4n) is 3.80. The van der Waals surface area contributed by atoms with E-state index < -0.39 is 5.92 Å². The zero-order valence-electron chi connectivity index (χ0n) is 15.9. The van der Waals surface area contributed by atoms with E-state index in [1.165, 1.54) is 0 Å². The Morgan fingerprint density at radius 2 is 1.97 bits per heavy atom. The Bertz CT molecular complexity index is 1070. The summed E-state index contributed by atoms with van der Waals surface area (Å²) in [4.78, 5) is 26.9. The number of fused-ring (bicyclic) bond motifs is 2. The Morgan fingerprint density at radius 3 is 2.83 bits per heavy atom. The Morgan fingerprint density at radius 1 is 1.14 bits per heavy atom. The number of benzene rings is 2. The molecule has 2 amide bonds. The van der Waals surface area contributed by atoms with Crippen molar-refractivity contribution in [2.24, 2.45) is 5.92 Å². The predicted octanol–water partition coefficient (Wildman–Crippen LogP) is 3.39. The molecule has 3 heterocycles. The molecule has 1 aromatic heterocycles. The van der Waals surface area contributed by atoms with Gasteiger partial charge in [0.15, 0.2) is 11.5 Å². The number of carbonyl (C=O) groups is 2. The third kappa shape index (κ3) is 3.18. The number of hydrogen-bond donors (Lipinski definition) is 1. The van der Waals surface area contributed by atoms with Gasteiger partial charge in [0.2, 0.25) is 18.6 Å². The van der Waals surface area contributed by atoms with Gasteiger partial charge in [0, 0.05) is 30.1 Å². The molecule has 1 saturated heterocycles. The summed E-state index contributed by atoms with van der Waals surface area (Å²) in [6.45, 7) is 2.39. The molecule has 0 aliphatic carbocycles. The van der Waals surface area contributed by atoms with Gasteiger partial charge in [-0.05, 0) is 31.2 Å². The molecule has 7 nitrogen and oxygen atoms in total. The molecule has 29 heavy (non-hydrogen) atoms. The highest BCUT2D eigenvalue weighted by Crippen LogP contribution is 2.37. The monoisotopic (exact) mass is 392 g/mol. The van der Waals surface area contributed by atoms with Crippen LogP contribution in [0.2, 0.25) is 0 Å². The Labute approximate surface area is 167 Å². The lowest BCUT2D eigenvalue weighted by molar-refractivity contribution is -0.127. The zero-order chi connectivity index (χ0) is 20.0. The van der Waals surface area contributed by atoms with E-state index in [4.69, 9.17) is 13.9 Å². The van der Waals surface area contributed by atoms with Crippen molar-refractivity contribution in [3.8, 4) is 11.5 Å². The number of rotatable bonds is 4. The summed E-state index contributed by atoms with van der Waals surface area (Å²) in [5, 5.41) is 3.97. The average Bonchev–Trinajstić information content (AvgIpc) is 3.44. The number of ether oxygens (including phenoxy) is 2. The molecule has 0 bridgehead atoms. The highest BCUT2D eigenvalue weighted by atomic mass is 16.7. The largest absolute Gasteiger partial charge is 0.459 e. The molecular formula is C22H20N2O5. The van der Waals surface area contributed by atoms with Crippen molar-refractivity contribution in [1.82, 2.24) is 5.32 Å². The molecule has 2 aliphatic rings. The van der Waals surface area contributed by atoms with Gasteiger partial charge in [0.25, 0.3) is 0 Å². The summed E-state index contributed by atoms with van der Waals surface area (Å²) in [6, 6.07) is 14.7. The topological polar surface area (TPSA) is 81.0 Å². The van der Waals surface area contributed by atoms with Gasteiger partial charge in [-0.25, -0.2) is 0 Å². The third-order valence-corrected chi connectivity index (χ3v) is 5.39. The van der Waals surface area contributed by atoms with Gasteiger partial charge in [-0.1, -0.05) is 18.2 Å². The Hall–Kier alpha value is -3.48. The fourth-order valence-corrected chi connectivity index (χ4v) is 3.80. The predicted molar refractivity (Wildman–Crippen MR) is 106 cm³/mol. The second-order valence-electron chi connectivity index (χ2n) is 7.36. The zero-order valence-corrected chi connectivity index (χ0v) is 15.9. The van der Waals surface area contributed by atoms with E-state index in [0.29, 0.717) is 29.5 Å². The van der Waals surface area contributed by atoms with Crippen molar-refractivity contribution in [2.75, 3.05) is 18.2 Å². The van der Waals surface area contributed by atoms with E-state index in [9.17, 15) is 9.59 Å². The molecule has 1 N–H and O–H groups in total. The molecule has 0 unspecified atom stereocenters. The quantitative estimate of drug-likeness (QED) is 0.736. The maximum atomic E-state index is 12.8. The molecule has 0 radical (unpaired) electrons. The average molecular weight is 392 g/mol. The van der Waals surface area contributed by atoms with Crippen molar-refractivity contribution in [3.05, 3.63) is 54.3 Å². The molecule has 1 fully saturated rings. The number of anilines is 1. The molecule has 2 atom stereocenters. The molecular weight excluding hydrogens is 372 g/mol. The Balaban J connectivity index is 1.27. The van der Waals surface area contributed by atoms with Gasteiger partial charge >= 0.3 is 0 Å². The molecule has 148 valence electrons. The van der Waals surface area contributed by atoms with Crippen LogP contribution in [-0.4, -0.2) is 25.2 Å². The van der Waals surface area contributed by atoms with E-state index in [-0.39, 0.29) is 31.1 Å². The van der Waals surface area contributed by atoms with Crippen molar-refractivity contribution in [1.29, 1.82) is 0 Å². The minimum atomic E-state index is -0.417. The van der Waals surface area contributed by atoms with Crippen LogP contribution in [0.3, 0.4) is 0 Å². The first kappa shape index (κ1) is 17.6. The van der Waals surface area contributed by atoms with Gasteiger partial charge in [0.1, 0.15) is 11.3 Å². The second kappa shape index (κ2) is 6.84. The summed E-state index contributed by atoms with van der Waals surface area (Å²) in [5.41, 5.74) is 1.49. The van der Waals surface area contributed by atoms with E-state index in [2.05, 4.69) is 5.32 Å².